The Labute approximate surface area is 196 Å². The molecule has 1 saturated carbocycles. The summed E-state index contributed by atoms with van der Waals surface area (Å²) in [4.78, 5) is 14.3. The van der Waals surface area contributed by atoms with Crippen molar-refractivity contribution in [1.82, 2.24) is 4.98 Å². The molecular weight excluding hydrogens is 443 g/mol. The highest BCUT2D eigenvalue weighted by molar-refractivity contribution is 5.67. The van der Waals surface area contributed by atoms with Gasteiger partial charge in [0.25, 0.3) is 0 Å². The first-order valence-corrected chi connectivity index (χ1v) is 11.1. The number of allylic oxidation sites excluding steroid dienone is 3. The van der Waals surface area contributed by atoms with Crippen LogP contribution in [0.3, 0.4) is 0 Å². The molecule has 1 aromatic carbocycles. The maximum atomic E-state index is 12.7. The molecule has 0 radical (unpaired) electrons. The van der Waals surface area contributed by atoms with Gasteiger partial charge in [-0.3, -0.25) is 4.79 Å². The second-order valence-corrected chi connectivity index (χ2v) is 8.44. The van der Waals surface area contributed by atoms with Gasteiger partial charge in [-0.1, -0.05) is 30.8 Å². The molecule has 1 aliphatic carbocycles. The Morgan fingerprint density at radius 3 is 2.32 bits per heavy atom. The number of hydrogen-bond donors (Lipinski definition) is 3. The number of nitrogens with one attached hydrogen (secondary N) is 1. The molecule has 34 heavy (non-hydrogen) atoms. The van der Waals surface area contributed by atoms with E-state index >= 15 is 0 Å². The van der Waals surface area contributed by atoms with Crippen molar-refractivity contribution < 1.29 is 23.1 Å². The van der Waals surface area contributed by atoms with Crippen LogP contribution in [-0.2, 0) is 11.0 Å². The van der Waals surface area contributed by atoms with Crippen LogP contribution in [0.15, 0.2) is 73.1 Å². The number of carboxylic acids is 1. The first-order chi connectivity index (χ1) is 16.2. The average molecular weight is 472 g/mol. The smallest absolute Gasteiger partial charge is 0.433 e. The van der Waals surface area contributed by atoms with E-state index in [1.54, 1.807) is 12.2 Å². The van der Waals surface area contributed by atoms with Crippen molar-refractivity contribution in [2.75, 3.05) is 5.32 Å². The Kier molecular flexibility index (Phi) is 8.15. The minimum Gasteiger partial charge on any atom is -0.481 e. The van der Waals surface area contributed by atoms with E-state index in [0.717, 1.165) is 43.5 Å². The van der Waals surface area contributed by atoms with Gasteiger partial charge >= 0.3 is 12.1 Å². The number of halogens is 3. The second-order valence-electron chi connectivity index (χ2n) is 8.44. The minimum atomic E-state index is -4.48. The number of nitrogens with zero attached hydrogens (tertiary/aromatic N) is 1. The number of alkyl halides is 3. The highest BCUT2D eigenvalue weighted by Crippen LogP contribution is 2.37. The predicted octanol–water partition coefficient (Wildman–Crippen LogP) is 6.33. The molecule has 1 aliphatic rings. The number of hydrogen-bond acceptors (Lipinski definition) is 4. The fourth-order valence-corrected chi connectivity index (χ4v) is 4.13. The monoisotopic (exact) mass is 471 g/mol. The van der Waals surface area contributed by atoms with Crippen LogP contribution >= 0.6 is 0 Å². The second kappa shape index (κ2) is 11.0. The molecule has 2 aromatic rings. The van der Waals surface area contributed by atoms with Crippen molar-refractivity contribution in [3.05, 3.63) is 89.9 Å². The fourth-order valence-electron chi connectivity index (χ4n) is 4.13. The lowest BCUT2D eigenvalue weighted by molar-refractivity contribution is -0.141. The third-order valence-electron chi connectivity index (χ3n) is 6.03. The molecule has 1 heterocycles. The van der Waals surface area contributed by atoms with E-state index in [1.807, 2.05) is 12.1 Å². The number of aromatic nitrogens is 1. The molecule has 0 aliphatic heterocycles. The normalized spacial score (nSPS) is 19.5. The summed E-state index contributed by atoms with van der Waals surface area (Å²) >= 11 is 0. The maximum absolute atomic E-state index is 12.7. The van der Waals surface area contributed by atoms with Gasteiger partial charge in [0.1, 0.15) is 5.69 Å². The highest BCUT2D eigenvalue weighted by Gasteiger charge is 2.32. The molecule has 180 valence electrons. The zero-order valence-electron chi connectivity index (χ0n) is 18.7. The van der Waals surface area contributed by atoms with Gasteiger partial charge in [0.05, 0.1) is 11.9 Å². The van der Waals surface area contributed by atoms with Crippen LogP contribution in [0.1, 0.15) is 54.8 Å². The maximum Gasteiger partial charge on any atom is 0.433 e. The van der Waals surface area contributed by atoms with E-state index in [-0.39, 0.29) is 12.3 Å². The van der Waals surface area contributed by atoms with Gasteiger partial charge in [0.15, 0.2) is 0 Å². The molecule has 0 unspecified atom stereocenters. The van der Waals surface area contributed by atoms with Gasteiger partial charge in [-0.05, 0) is 79.0 Å². The molecule has 0 atom stereocenters. The van der Waals surface area contributed by atoms with Crippen LogP contribution < -0.4 is 11.1 Å². The van der Waals surface area contributed by atoms with Gasteiger partial charge in [-0.15, -0.1) is 0 Å². The first kappa shape index (κ1) is 25.1. The van der Waals surface area contributed by atoms with E-state index in [4.69, 9.17) is 10.8 Å². The Morgan fingerprint density at radius 1 is 1.12 bits per heavy atom. The number of aliphatic carboxylic acids is 1. The molecule has 0 amide bonds. The summed E-state index contributed by atoms with van der Waals surface area (Å²) in [6.07, 6.45) is 5.63. The standard InChI is InChI=1S/C26H28F3N3O2/c1-2-21(32-22-12-14-24(31-16-22)26(27,28)29)11-13-23(30)20-9-7-19(8-10-20)18-5-3-17(4-6-18)15-25(33)34/h2,7-14,16-18,32H,1,3-6,15,30H2,(H,33,34)/b21-11+,23-13-. The lowest BCUT2D eigenvalue weighted by Gasteiger charge is -2.28. The van der Waals surface area contributed by atoms with E-state index in [0.29, 0.717) is 23.0 Å². The van der Waals surface area contributed by atoms with Crippen LogP contribution in [-0.4, -0.2) is 16.1 Å². The molecule has 3 rings (SSSR count). The summed E-state index contributed by atoms with van der Waals surface area (Å²) < 4.78 is 38.0. The van der Waals surface area contributed by atoms with Crippen LogP contribution in [0, 0.1) is 5.92 Å². The Hall–Kier alpha value is -3.55. The van der Waals surface area contributed by atoms with Gasteiger partial charge in [-0.2, -0.15) is 13.2 Å². The topological polar surface area (TPSA) is 88.2 Å². The highest BCUT2D eigenvalue weighted by atomic mass is 19.4. The molecule has 0 saturated heterocycles. The van der Waals surface area contributed by atoms with Crippen LogP contribution in [0.4, 0.5) is 18.9 Å². The van der Waals surface area contributed by atoms with E-state index < -0.39 is 17.8 Å². The van der Waals surface area contributed by atoms with Crippen molar-refractivity contribution in [2.24, 2.45) is 11.7 Å². The molecule has 5 nitrogen and oxygen atoms in total. The lowest BCUT2D eigenvalue weighted by Crippen LogP contribution is -2.16. The molecule has 0 spiro atoms. The summed E-state index contributed by atoms with van der Waals surface area (Å²) in [5, 5.41) is 11.9. The number of carbonyl (C=O) groups is 1. The van der Waals surface area contributed by atoms with Crippen molar-refractivity contribution in [1.29, 1.82) is 0 Å². The Balaban J connectivity index is 1.61. The number of benzene rings is 1. The third kappa shape index (κ3) is 6.97. The van der Waals surface area contributed by atoms with E-state index in [1.165, 1.54) is 17.7 Å². The summed E-state index contributed by atoms with van der Waals surface area (Å²) in [7, 11) is 0. The van der Waals surface area contributed by atoms with Crippen molar-refractivity contribution >= 4 is 17.4 Å². The van der Waals surface area contributed by atoms with Gasteiger partial charge in [0.2, 0.25) is 0 Å². The molecule has 1 aromatic heterocycles. The van der Waals surface area contributed by atoms with Gasteiger partial charge < -0.3 is 16.2 Å². The Morgan fingerprint density at radius 2 is 1.79 bits per heavy atom. The summed E-state index contributed by atoms with van der Waals surface area (Å²) in [6.45, 7) is 3.72. The van der Waals surface area contributed by atoms with Crippen molar-refractivity contribution in [3.8, 4) is 0 Å². The number of pyridine rings is 1. The lowest BCUT2D eigenvalue weighted by atomic mass is 9.77. The predicted molar refractivity (Wildman–Crippen MR) is 127 cm³/mol. The summed E-state index contributed by atoms with van der Waals surface area (Å²) in [6, 6.07) is 10.2. The van der Waals surface area contributed by atoms with Crippen LogP contribution in [0.5, 0.6) is 0 Å². The molecule has 1 fully saturated rings. The molecule has 0 bridgehead atoms. The third-order valence-corrected chi connectivity index (χ3v) is 6.03. The van der Waals surface area contributed by atoms with Crippen molar-refractivity contribution in [2.45, 2.75) is 44.2 Å². The van der Waals surface area contributed by atoms with Gasteiger partial charge in [0, 0.05) is 17.8 Å². The average Bonchev–Trinajstić information content (AvgIpc) is 2.81. The molecule has 4 N–H and O–H groups in total. The number of carboxylic acid groups (broad SMARTS) is 1. The SMILES string of the molecule is C=C/C(=C\C=C(/N)c1ccc(C2CCC(CC(=O)O)CC2)cc1)Nc1ccc(C(F)(F)F)nc1. The zero-order chi connectivity index (χ0) is 24.7. The van der Waals surface area contributed by atoms with E-state index in [9.17, 15) is 18.0 Å². The number of nitrogens with two attached hydrogens (primary N) is 1. The van der Waals surface area contributed by atoms with Crippen LogP contribution in [0.2, 0.25) is 0 Å². The zero-order valence-corrected chi connectivity index (χ0v) is 18.7. The van der Waals surface area contributed by atoms with E-state index in [2.05, 4.69) is 29.0 Å². The number of anilines is 1. The summed E-state index contributed by atoms with van der Waals surface area (Å²) in [5.41, 5.74) is 8.81. The van der Waals surface area contributed by atoms with Crippen LogP contribution in [0.25, 0.3) is 5.70 Å². The Bertz CT molecular complexity index is 1050. The largest absolute Gasteiger partial charge is 0.481 e. The summed E-state index contributed by atoms with van der Waals surface area (Å²) in [5.74, 6) is -0.0301. The molecule has 8 heteroatoms. The van der Waals surface area contributed by atoms with Gasteiger partial charge in [-0.25, -0.2) is 4.98 Å². The fraction of sp³-hybridized carbons (Fsp3) is 0.308. The quantitative estimate of drug-likeness (QED) is 0.392. The number of rotatable bonds is 8. The molecular formula is C26H28F3N3O2. The first-order valence-electron chi connectivity index (χ1n) is 11.1. The van der Waals surface area contributed by atoms with Crippen molar-refractivity contribution in [3.63, 3.8) is 0 Å². The minimum absolute atomic E-state index is 0.247.